The number of phenolic OH excluding ortho intramolecular Hbond substituents is 1. The predicted molar refractivity (Wildman–Crippen MR) is 53.0 cm³/mol. The van der Waals surface area contributed by atoms with E-state index in [1.165, 1.54) is 0 Å². The molecular weight excluding hydrogens is 239 g/mol. The molecule has 94 valence electrons. The summed E-state index contributed by atoms with van der Waals surface area (Å²) in [5.74, 6) is -1.85. The minimum atomic E-state index is -4.63. The average Bonchev–Trinajstić information content (AvgIpc) is 2.25. The first kappa shape index (κ1) is 13.3. The second-order valence-electron chi connectivity index (χ2n) is 3.20. The van der Waals surface area contributed by atoms with Crippen LogP contribution in [0.5, 0.6) is 11.5 Å². The number of carbonyl (C=O) groups excluding carboxylic acids is 1. The summed E-state index contributed by atoms with van der Waals surface area (Å²) in [5, 5.41) is 9.41. The summed E-state index contributed by atoms with van der Waals surface area (Å²) in [7, 11) is 1.10. The second-order valence-corrected chi connectivity index (χ2v) is 3.20. The zero-order valence-corrected chi connectivity index (χ0v) is 8.84. The fourth-order valence-electron chi connectivity index (χ4n) is 1.31. The Kier molecular flexibility index (Phi) is 3.62. The van der Waals surface area contributed by atoms with Crippen molar-refractivity contribution in [3.63, 3.8) is 0 Å². The molecule has 1 aromatic rings. The molecule has 0 saturated carbocycles. The summed E-state index contributed by atoms with van der Waals surface area (Å²) in [4.78, 5) is 11.3. The van der Waals surface area contributed by atoms with Crippen LogP contribution in [0.3, 0.4) is 0 Å². The Morgan fingerprint density at radius 2 is 2.06 bits per heavy atom. The quantitative estimate of drug-likeness (QED) is 0.797. The van der Waals surface area contributed by atoms with E-state index in [-0.39, 0.29) is 11.3 Å². The first-order valence-electron chi connectivity index (χ1n) is 4.52. The van der Waals surface area contributed by atoms with Crippen LogP contribution in [-0.2, 0) is 6.18 Å². The zero-order chi connectivity index (χ0) is 13.2. The molecule has 0 spiro atoms. The van der Waals surface area contributed by atoms with E-state index in [0.29, 0.717) is 12.1 Å². The Bertz CT molecular complexity index is 443. The first-order chi connectivity index (χ1) is 7.81. The Hall–Kier alpha value is -1.76. The summed E-state index contributed by atoms with van der Waals surface area (Å²) in [6.07, 6.45) is -4.63. The number of carbonyl (C=O) groups is 1. The van der Waals surface area contributed by atoms with E-state index in [9.17, 15) is 23.1 Å². The number of halogens is 3. The highest BCUT2D eigenvalue weighted by atomic mass is 19.4. The van der Waals surface area contributed by atoms with Gasteiger partial charge in [0.2, 0.25) is 0 Å². The molecule has 0 radical (unpaired) electrons. The molecular formula is C10H10F3NO3. The highest BCUT2D eigenvalue weighted by Crippen LogP contribution is 2.37. The van der Waals surface area contributed by atoms with Crippen molar-refractivity contribution in [1.29, 1.82) is 0 Å². The van der Waals surface area contributed by atoms with Gasteiger partial charge in [-0.15, -0.1) is 0 Å². The molecule has 0 atom stereocenters. The number of alkyl halides is 3. The molecule has 0 unspecified atom stereocenters. The van der Waals surface area contributed by atoms with Crippen LogP contribution in [0.15, 0.2) is 12.1 Å². The molecule has 1 aromatic carbocycles. The number of Topliss-reactive ketones (excluding diaryl/α,β-unsaturated/α-hetero) is 1. The first-order valence-corrected chi connectivity index (χ1v) is 4.52. The van der Waals surface area contributed by atoms with Gasteiger partial charge >= 0.3 is 6.18 Å². The molecule has 1 rings (SSSR count). The molecule has 0 aliphatic rings. The van der Waals surface area contributed by atoms with E-state index < -0.39 is 29.8 Å². The molecule has 17 heavy (non-hydrogen) atoms. The fourth-order valence-corrected chi connectivity index (χ4v) is 1.31. The Morgan fingerprint density at radius 1 is 1.47 bits per heavy atom. The van der Waals surface area contributed by atoms with Gasteiger partial charge < -0.3 is 15.6 Å². The van der Waals surface area contributed by atoms with Gasteiger partial charge in [-0.2, -0.15) is 13.2 Å². The highest BCUT2D eigenvalue weighted by Gasteiger charge is 2.33. The lowest BCUT2D eigenvalue weighted by atomic mass is 10.0. The van der Waals surface area contributed by atoms with Gasteiger partial charge in [-0.3, -0.25) is 4.79 Å². The Morgan fingerprint density at radius 3 is 2.47 bits per heavy atom. The third-order valence-electron chi connectivity index (χ3n) is 2.09. The molecule has 4 nitrogen and oxygen atoms in total. The van der Waals surface area contributed by atoms with Crippen molar-refractivity contribution in [2.24, 2.45) is 5.73 Å². The number of hydrogen-bond acceptors (Lipinski definition) is 4. The van der Waals surface area contributed by atoms with Crippen LogP contribution in [0, 0.1) is 0 Å². The van der Waals surface area contributed by atoms with Gasteiger partial charge in [0, 0.05) is 0 Å². The van der Waals surface area contributed by atoms with Crippen LogP contribution in [0.2, 0.25) is 0 Å². The van der Waals surface area contributed by atoms with Crippen LogP contribution in [0.25, 0.3) is 0 Å². The maximum atomic E-state index is 12.4. The highest BCUT2D eigenvalue weighted by molar-refractivity contribution is 6.02. The zero-order valence-electron chi connectivity index (χ0n) is 8.84. The molecule has 0 aromatic heterocycles. The van der Waals surface area contributed by atoms with Crippen LogP contribution in [0.1, 0.15) is 15.9 Å². The SMILES string of the molecule is COc1cc(C(F)(F)F)cc(O)c1C(=O)CN. The monoisotopic (exact) mass is 249 g/mol. The number of rotatable bonds is 3. The van der Waals surface area contributed by atoms with Gasteiger partial charge in [0.1, 0.15) is 17.1 Å². The molecule has 0 amide bonds. The number of ether oxygens (including phenoxy) is 1. The van der Waals surface area contributed by atoms with E-state index >= 15 is 0 Å². The molecule has 0 aliphatic carbocycles. The van der Waals surface area contributed by atoms with Crippen LogP contribution in [-0.4, -0.2) is 24.5 Å². The third kappa shape index (κ3) is 2.68. The van der Waals surface area contributed by atoms with E-state index in [4.69, 9.17) is 5.73 Å². The van der Waals surface area contributed by atoms with Crippen molar-refractivity contribution in [2.45, 2.75) is 6.18 Å². The van der Waals surface area contributed by atoms with Crippen molar-refractivity contribution in [2.75, 3.05) is 13.7 Å². The van der Waals surface area contributed by atoms with E-state index in [0.717, 1.165) is 7.11 Å². The Balaban J connectivity index is 3.41. The van der Waals surface area contributed by atoms with Gasteiger partial charge in [-0.05, 0) is 12.1 Å². The molecule has 0 aliphatic heterocycles. The standard InChI is InChI=1S/C10H10F3NO3/c1-17-8-3-5(10(11,12)13)2-6(15)9(8)7(16)4-14/h2-3,15H,4,14H2,1H3. The van der Waals surface area contributed by atoms with Crippen molar-refractivity contribution >= 4 is 5.78 Å². The summed E-state index contributed by atoms with van der Waals surface area (Å²) in [6.45, 7) is -0.435. The molecule has 0 bridgehead atoms. The number of hydrogen-bond donors (Lipinski definition) is 2. The summed E-state index contributed by atoms with van der Waals surface area (Å²) in [5.41, 5.74) is 3.64. The average molecular weight is 249 g/mol. The Labute approximate surface area is 94.8 Å². The van der Waals surface area contributed by atoms with Crippen LogP contribution < -0.4 is 10.5 Å². The van der Waals surface area contributed by atoms with Gasteiger partial charge in [0.05, 0.1) is 19.2 Å². The summed E-state index contributed by atoms with van der Waals surface area (Å²) in [6, 6.07) is 1.11. The second kappa shape index (κ2) is 4.62. The molecule has 0 saturated heterocycles. The topological polar surface area (TPSA) is 72.5 Å². The number of benzene rings is 1. The van der Waals surface area contributed by atoms with E-state index in [1.807, 2.05) is 0 Å². The minimum absolute atomic E-state index is 0.344. The molecule has 3 N–H and O–H groups in total. The number of phenols is 1. The normalized spacial score (nSPS) is 11.4. The molecule has 0 heterocycles. The van der Waals surface area contributed by atoms with Gasteiger partial charge in [-0.25, -0.2) is 0 Å². The number of ketones is 1. The summed E-state index contributed by atoms with van der Waals surface area (Å²) < 4.78 is 41.9. The number of methoxy groups -OCH3 is 1. The van der Waals surface area contributed by atoms with Crippen molar-refractivity contribution in [1.82, 2.24) is 0 Å². The van der Waals surface area contributed by atoms with E-state index in [2.05, 4.69) is 4.74 Å². The molecule has 0 fully saturated rings. The lowest BCUT2D eigenvalue weighted by Crippen LogP contribution is -2.16. The fraction of sp³-hybridized carbons (Fsp3) is 0.300. The maximum Gasteiger partial charge on any atom is 0.416 e. The smallest absolute Gasteiger partial charge is 0.416 e. The largest absolute Gasteiger partial charge is 0.507 e. The van der Waals surface area contributed by atoms with Crippen molar-refractivity contribution in [3.05, 3.63) is 23.3 Å². The van der Waals surface area contributed by atoms with Gasteiger partial charge in [0.25, 0.3) is 0 Å². The molecule has 7 heteroatoms. The number of nitrogens with two attached hydrogens (primary N) is 1. The number of aromatic hydroxyl groups is 1. The lowest BCUT2D eigenvalue weighted by Gasteiger charge is -2.13. The maximum absolute atomic E-state index is 12.4. The van der Waals surface area contributed by atoms with Crippen molar-refractivity contribution in [3.8, 4) is 11.5 Å². The van der Waals surface area contributed by atoms with Crippen LogP contribution >= 0.6 is 0 Å². The van der Waals surface area contributed by atoms with E-state index in [1.54, 1.807) is 0 Å². The van der Waals surface area contributed by atoms with Crippen LogP contribution in [0.4, 0.5) is 13.2 Å². The third-order valence-corrected chi connectivity index (χ3v) is 2.09. The predicted octanol–water partition coefficient (Wildman–Crippen LogP) is 1.56. The lowest BCUT2D eigenvalue weighted by molar-refractivity contribution is -0.137. The van der Waals surface area contributed by atoms with Gasteiger partial charge in [-0.1, -0.05) is 0 Å². The van der Waals surface area contributed by atoms with Gasteiger partial charge in [0.15, 0.2) is 5.78 Å². The minimum Gasteiger partial charge on any atom is -0.507 e. The van der Waals surface area contributed by atoms with Crippen molar-refractivity contribution < 1.29 is 27.8 Å². The summed E-state index contributed by atoms with van der Waals surface area (Å²) >= 11 is 0.